The van der Waals surface area contributed by atoms with Gasteiger partial charge in [-0.3, -0.25) is 0 Å². The van der Waals surface area contributed by atoms with Crippen LogP contribution in [0, 0.1) is 0 Å². The molecule has 2 heterocycles. The molecule has 0 bridgehead atoms. The molecule has 1 unspecified atom stereocenters. The molecule has 0 fully saturated rings. The molecule has 5 heteroatoms. The molecule has 0 radical (unpaired) electrons. The van der Waals surface area contributed by atoms with E-state index in [1.54, 1.807) is 23.3 Å². The summed E-state index contributed by atoms with van der Waals surface area (Å²) in [5, 5.41) is 12.6. The molecular weight excluding hydrogens is 212 g/mol. The van der Waals surface area contributed by atoms with Crippen molar-refractivity contribution in [2.24, 2.45) is 0 Å². The highest BCUT2D eigenvalue weighted by Gasteiger charge is 2.14. The first-order valence-electron chi connectivity index (χ1n) is 4.48. The van der Waals surface area contributed by atoms with Gasteiger partial charge in [0.25, 0.3) is 0 Å². The monoisotopic (exact) mass is 221 g/mol. The van der Waals surface area contributed by atoms with Gasteiger partial charge in [0.1, 0.15) is 0 Å². The molecule has 0 aliphatic carbocycles. The standard InChI is InChI=1S/C10H10N2O2S/c13-10(14)6-8(9-2-1-5-15-9)12-4-3-11-7-12/h1-5,7-8H,6H2,(H,13,14)/p-1. The van der Waals surface area contributed by atoms with E-state index in [1.165, 1.54) is 11.3 Å². The highest BCUT2D eigenvalue weighted by Crippen LogP contribution is 2.25. The zero-order chi connectivity index (χ0) is 10.7. The lowest BCUT2D eigenvalue weighted by atomic mass is 10.1. The van der Waals surface area contributed by atoms with Crippen LogP contribution in [0.4, 0.5) is 0 Å². The molecule has 15 heavy (non-hydrogen) atoms. The third-order valence-corrected chi connectivity index (χ3v) is 3.09. The SMILES string of the molecule is O=C([O-])CC(c1cccs1)n1ccnc1. The second kappa shape index (κ2) is 4.27. The quantitative estimate of drug-likeness (QED) is 0.762. The maximum Gasteiger partial charge on any atom is 0.0952 e. The minimum absolute atomic E-state index is 0.0309. The summed E-state index contributed by atoms with van der Waals surface area (Å²) < 4.78 is 1.78. The summed E-state index contributed by atoms with van der Waals surface area (Å²) in [7, 11) is 0. The highest BCUT2D eigenvalue weighted by molar-refractivity contribution is 7.10. The first-order valence-corrected chi connectivity index (χ1v) is 5.36. The first kappa shape index (κ1) is 9.92. The van der Waals surface area contributed by atoms with Gasteiger partial charge in [-0.15, -0.1) is 11.3 Å². The number of hydrogen-bond acceptors (Lipinski definition) is 4. The van der Waals surface area contributed by atoms with Crippen molar-refractivity contribution < 1.29 is 9.90 Å². The number of carboxylic acid groups (broad SMARTS) is 1. The van der Waals surface area contributed by atoms with E-state index in [-0.39, 0.29) is 12.5 Å². The van der Waals surface area contributed by atoms with E-state index in [4.69, 9.17) is 0 Å². The van der Waals surface area contributed by atoms with Crippen LogP contribution in [-0.2, 0) is 4.79 Å². The summed E-state index contributed by atoms with van der Waals surface area (Å²) in [6.45, 7) is 0. The molecule has 0 saturated carbocycles. The molecule has 0 aromatic carbocycles. The fraction of sp³-hybridized carbons (Fsp3) is 0.200. The number of hydrogen-bond donors (Lipinski definition) is 0. The molecule has 4 nitrogen and oxygen atoms in total. The lowest BCUT2D eigenvalue weighted by Gasteiger charge is -2.17. The summed E-state index contributed by atoms with van der Waals surface area (Å²) >= 11 is 1.53. The van der Waals surface area contributed by atoms with Gasteiger partial charge in [0, 0.05) is 29.7 Å². The van der Waals surface area contributed by atoms with Gasteiger partial charge in [-0.05, 0) is 11.4 Å². The number of carbonyl (C=O) groups excluding carboxylic acids is 1. The predicted molar refractivity (Wildman–Crippen MR) is 54.3 cm³/mol. The van der Waals surface area contributed by atoms with E-state index in [9.17, 15) is 9.90 Å². The largest absolute Gasteiger partial charge is 0.550 e. The van der Waals surface area contributed by atoms with Gasteiger partial charge in [-0.2, -0.15) is 0 Å². The summed E-state index contributed by atoms with van der Waals surface area (Å²) in [4.78, 5) is 15.6. The van der Waals surface area contributed by atoms with E-state index < -0.39 is 5.97 Å². The molecule has 2 aromatic rings. The summed E-state index contributed by atoms with van der Waals surface area (Å²) in [5.74, 6) is -1.05. The maximum absolute atomic E-state index is 10.7. The van der Waals surface area contributed by atoms with Crippen molar-refractivity contribution in [2.75, 3.05) is 0 Å². The Morgan fingerprint density at radius 2 is 2.53 bits per heavy atom. The summed E-state index contributed by atoms with van der Waals surface area (Å²) in [6, 6.07) is 3.61. The van der Waals surface area contributed by atoms with Crippen LogP contribution in [0.5, 0.6) is 0 Å². The minimum atomic E-state index is -1.05. The predicted octanol–water partition coefficient (Wildman–Crippen LogP) is 0.674. The Kier molecular flexibility index (Phi) is 2.82. The number of thiophene rings is 1. The van der Waals surface area contributed by atoms with Gasteiger partial charge in [0.2, 0.25) is 0 Å². The Morgan fingerprint density at radius 1 is 1.67 bits per heavy atom. The Morgan fingerprint density at radius 3 is 3.07 bits per heavy atom. The summed E-state index contributed by atoms with van der Waals surface area (Å²) in [6.07, 6.45) is 4.98. The highest BCUT2D eigenvalue weighted by atomic mass is 32.1. The van der Waals surface area contributed by atoms with Crippen LogP contribution in [0.25, 0.3) is 0 Å². The second-order valence-electron chi connectivity index (χ2n) is 3.12. The lowest BCUT2D eigenvalue weighted by molar-refractivity contribution is -0.306. The number of carboxylic acids is 1. The van der Waals surface area contributed by atoms with E-state index in [0.29, 0.717) is 0 Å². The van der Waals surface area contributed by atoms with Crippen molar-refractivity contribution in [1.82, 2.24) is 9.55 Å². The molecular formula is C10H9N2O2S-. The number of carbonyl (C=O) groups is 1. The van der Waals surface area contributed by atoms with Crippen LogP contribution in [0.2, 0.25) is 0 Å². The van der Waals surface area contributed by atoms with Gasteiger partial charge >= 0.3 is 0 Å². The molecule has 1 atom stereocenters. The third-order valence-electron chi connectivity index (χ3n) is 2.12. The van der Waals surface area contributed by atoms with Crippen LogP contribution in [0.3, 0.4) is 0 Å². The third kappa shape index (κ3) is 2.24. The second-order valence-corrected chi connectivity index (χ2v) is 4.10. The van der Waals surface area contributed by atoms with Crippen molar-refractivity contribution in [3.63, 3.8) is 0 Å². The molecule has 0 aliphatic rings. The number of imidazole rings is 1. The topological polar surface area (TPSA) is 57.9 Å². The van der Waals surface area contributed by atoms with Crippen LogP contribution >= 0.6 is 11.3 Å². The molecule has 0 aliphatic heterocycles. The van der Waals surface area contributed by atoms with Crippen molar-refractivity contribution in [3.8, 4) is 0 Å². The number of rotatable bonds is 4. The zero-order valence-electron chi connectivity index (χ0n) is 7.87. The lowest BCUT2D eigenvalue weighted by Crippen LogP contribution is -2.26. The Bertz CT molecular complexity index is 388. The molecule has 2 aromatic heterocycles. The van der Waals surface area contributed by atoms with Crippen molar-refractivity contribution >= 4 is 17.3 Å². The van der Waals surface area contributed by atoms with E-state index in [2.05, 4.69) is 4.98 Å². The fourth-order valence-corrected chi connectivity index (χ4v) is 2.28. The van der Waals surface area contributed by atoms with Crippen LogP contribution in [0.15, 0.2) is 36.2 Å². The number of aromatic nitrogens is 2. The molecule has 2 rings (SSSR count). The molecule has 0 amide bonds. The molecule has 0 saturated heterocycles. The van der Waals surface area contributed by atoms with Gasteiger partial charge in [0.05, 0.1) is 12.4 Å². The molecule has 0 N–H and O–H groups in total. The number of nitrogens with zero attached hydrogens (tertiary/aromatic N) is 2. The van der Waals surface area contributed by atoms with Gasteiger partial charge < -0.3 is 14.5 Å². The summed E-state index contributed by atoms with van der Waals surface area (Å²) in [5.41, 5.74) is 0. The first-order chi connectivity index (χ1) is 7.27. The van der Waals surface area contributed by atoms with Crippen molar-refractivity contribution in [2.45, 2.75) is 12.5 Å². The Balaban J connectivity index is 2.29. The molecule has 0 spiro atoms. The average molecular weight is 221 g/mol. The number of aliphatic carboxylic acids is 1. The van der Waals surface area contributed by atoms with E-state index >= 15 is 0 Å². The van der Waals surface area contributed by atoms with Gasteiger partial charge in [-0.1, -0.05) is 6.07 Å². The van der Waals surface area contributed by atoms with Crippen LogP contribution < -0.4 is 5.11 Å². The van der Waals surface area contributed by atoms with Crippen LogP contribution in [0.1, 0.15) is 17.3 Å². The normalized spacial score (nSPS) is 12.5. The van der Waals surface area contributed by atoms with E-state index in [1.807, 2.05) is 17.5 Å². The molecule has 78 valence electrons. The van der Waals surface area contributed by atoms with Crippen LogP contribution in [-0.4, -0.2) is 15.5 Å². The van der Waals surface area contributed by atoms with Gasteiger partial charge in [-0.25, -0.2) is 4.98 Å². The van der Waals surface area contributed by atoms with Crippen molar-refractivity contribution in [3.05, 3.63) is 41.1 Å². The Hall–Kier alpha value is -1.62. The maximum atomic E-state index is 10.7. The van der Waals surface area contributed by atoms with E-state index in [0.717, 1.165) is 4.88 Å². The zero-order valence-corrected chi connectivity index (χ0v) is 8.68. The van der Waals surface area contributed by atoms with Gasteiger partial charge in [0.15, 0.2) is 0 Å². The smallest absolute Gasteiger partial charge is 0.0952 e. The van der Waals surface area contributed by atoms with Crippen molar-refractivity contribution in [1.29, 1.82) is 0 Å². The fourth-order valence-electron chi connectivity index (χ4n) is 1.45. The average Bonchev–Trinajstić information content (AvgIpc) is 2.87. The Labute approximate surface area is 90.8 Å². The minimum Gasteiger partial charge on any atom is -0.550 e.